The van der Waals surface area contributed by atoms with E-state index < -0.39 is 5.41 Å². The average molecular weight is 359 g/mol. The van der Waals surface area contributed by atoms with Crippen molar-refractivity contribution in [1.82, 2.24) is 4.98 Å². The fourth-order valence-electron chi connectivity index (χ4n) is 2.99. The Morgan fingerprint density at radius 1 is 1.12 bits per heavy atom. The van der Waals surface area contributed by atoms with Crippen molar-refractivity contribution in [3.05, 3.63) is 59.9 Å². The van der Waals surface area contributed by atoms with E-state index in [1.807, 2.05) is 37.4 Å². The molecule has 4 heteroatoms. The Bertz CT molecular complexity index is 652. The van der Waals surface area contributed by atoms with Crippen molar-refractivity contribution in [2.24, 2.45) is 0 Å². The van der Waals surface area contributed by atoms with E-state index in [1.54, 1.807) is 6.20 Å². The van der Waals surface area contributed by atoms with E-state index in [-0.39, 0.29) is 12.4 Å². The van der Waals surface area contributed by atoms with Gasteiger partial charge in [0.25, 0.3) is 0 Å². The molecule has 1 aromatic heterocycles. The summed E-state index contributed by atoms with van der Waals surface area (Å²) in [5.41, 5.74) is 1.81. The van der Waals surface area contributed by atoms with Crippen molar-refractivity contribution in [2.75, 3.05) is 6.61 Å². The highest BCUT2D eigenvalue weighted by molar-refractivity contribution is 5.85. The van der Waals surface area contributed by atoms with Gasteiger partial charge >= 0.3 is 0 Å². The first-order valence-electron chi connectivity index (χ1n) is 8.77. The molecule has 134 valence electrons. The summed E-state index contributed by atoms with van der Waals surface area (Å²) in [6.45, 7) is 4.82. The number of nitrogens with zero attached hydrogens (tertiary/aromatic N) is 2. The van der Waals surface area contributed by atoms with Gasteiger partial charge in [-0.1, -0.05) is 38.0 Å². The van der Waals surface area contributed by atoms with Gasteiger partial charge in [-0.05, 0) is 55.5 Å². The van der Waals surface area contributed by atoms with Crippen LogP contribution in [0.15, 0.2) is 48.8 Å². The van der Waals surface area contributed by atoms with Gasteiger partial charge in [0.1, 0.15) is 5.75 Å². The fourth-order valence-corrected chi connectivity index (χ4v) is 2.99. The summed E-state index contributed by atoms with van der Waals surface area (Å²) in [7, 11) is 0. The zero-order chi connectivity index (χ0) is 17.3. The normalized spacial score (nSPS) is 12.5. The Hall–Kier alpha value is -2.05. The number of aryl methyl sites for hydroxylation is 1. The molecular formula is C21H27ClN2O. The van der Waals surface area contributed by atoms with Crippen molar-refractivity contribution < 1.29 is 4.74 Å². The van der Waals surface area contributed by atoms with Crippen molar-refractivity contribution >= 4 is 12.4 Å². The van der Waals surface area contributed by atoms with Gasteiger partial charge in [-0.15, -0.1) is 12.4 Å². The second kappa shape index (κ2) is 10.7. The van der Waals surface area contributed by atoms with E-state index in [1.165, 1.54) is 5.56 Å². The summed E-state index contributed by atoms with van der Waals surface area (Å²) in [5, 5.41) is 9.95. The third-order valence-electron chi connectivity index (χ3n) is 4.46. The largest absolute Gasteiger partial charge is 0.494 e. The molecule has 2 rings (SSSR count). The minimum Gasteiger partial charge on any atom is -0.494 e. The number of ether oxygens (including phenoxy) is 1. The quantitative estimate of drug-likeness (QED) is 0.595. The third kappa shape index (κ3) is 5.76. The van der Waals surface area contributed by atoms with Crippen LogP contribution in [0.1, 0.15) is 50.7 Å². The van der Waals surface area contributed by atoms with Crippen LogP contribution in [0.5, 0.6) is 5.75 Å². The predicted molar refractivity (Wildman–Crippen MR) is 104 cm³/mol. The van der Waals surface area contributed by atoms with E-state index in [9.17, 15) is 5.26 Å². The lowest BCUT2D eigenvalue weighted by Gasteiger charge is -2.27. The zero-order valence-corrected chi connectivity index (χ0v) is 15.9. The third-order valence-corrected chi connectivity index (χ3v) is 4.46. The van der Waals surface area contributed by atoms with Crippen LogP contribution in [0.25, 0.3) is 0 Å². The van der Waals surface area contributed by atoms with Crippen LogP contribution in [0.3, 0.4) is 0 Å². The highest BCUT2D eigenvalue weighted by Crippen LogP contribution is 2.34. The average Bonchev–Trinajstić information content (AvgIpc) is 2.64. The summed E-state index contributed by atoms with van der Waals surface area (Å²) in [5.74, 6) is 0.894. The molecule has 0 spiro atoms. The number of benzene rings is 1. The number of hydrogen-bond donors (Lipinski definition) is 0. The highest BCUT2D eigenvalue weighted by Gasteiger charge is 2.31. The molecule has 0 aliphatic heterocycles. The maximum absolute atomic E-state index is 9.95. The minimum absolute atomic E-state index is 0. The first kappa shape index (κ1) is 21.0. The van der Waals surface area contributed by atoms with Crippen LogP contribution in [-0.4, -0.2) is 11.6 Å². The van der Waals surface area contributed by atoms with Gasteiger partial charge in [0.15, 0.2) is 0 Å². The van der Waals surface area contributed by atoms with Crippen LogP contribution < -0.4 is 4.74 Å². The molecule has 0 saturated carbocycles. The maximum Gasteiger partial charge on any atom is 0.119 e. The molecule has 1 heterocycles. The van der Waals surface area contributed by atoms with Crippen molar-refractivity contribution in [3.8, 4) is 11.8 Å². The SMILES string of the molecule is CCCCC(C#N)(CCc1ccc(OCC)cc1)c1cccnc1.Cl. The lowest BCUT2D eigenvalue weighted by Crippen LogP contribution is -2.25. The molecule has 3 nitrogen and oxygen atoms in total. The summed E-state index contributed by atoms with van der Waals surface area (Å²) >= 11 is 0. The molecule has 1 aromatic carbocycles. The van der Waals surface area contributed by atoms with Crippen molar-refractivity contribution in [2.45, 2.75) is 51.4 Å². The van der Waals surface area contributed by atoms with E-state index >= 15 is 0 Å². The maximum atomic E-state index is 9.95. The Morgan fingerprint density at radius 3 is 2.44 bits per heavy atom. The fraction of sp³-hybridized carbons (Fsp3) is 0.429. The van der Waals surface area contributed by atoms with Gasteiger partial charge in [0, 0.05) is 12.4 Å². The minimum atomic E-state index is -0.455. The molecule has 0 amide bonds. The molecule has 1 unspecified atom stereocenters. The van der Waals surface area contributed by atoms with Gasteiger partial charge in [0.05, 0.1) is 18.1 Å². The van der Waals surface area contributed by atoms with Crippen LogP contribution >= 0.6 is 12.4 Å². The van der Waals surface area contributed by atoms with Crippen LogP contribution in [0.2, 0.25) is 0 Å². The van der Waals surface area contributed by atoms with Crippen molar-refractivity contribution in [1.29, 1.82) is 5.26 Å². The molecular weight excluding hydrogens is 332 g/mol. The number of hydrogen-bond acceptors (Lipinski definition) is 3. The summed E-state index contributed by atoms with van der Waals surface area (Å²) in [4.78, 5) is 4.23. The van der Waals surface area contributed by atoms with E-state index in [4.69, 9.17) is 4.74 Å². The zero-order valence-electron chi connectivity index (χ0n) is 15.1. The van der Waals surface area contributed by atoms with Gasteiger partial charge in [-0.25, -0.2) is 0 Å². The van der Waals surface area contributed by atoms with Gasteiger partial charge in [-0.2, -0.15) is 5.26 Å². The number of unbranched alkanes of at least 4 members (excludes halogenated alkanes) is 1. The lowest BCUT2D eigenvalue weighted by atomic mass is 9.74. The smallest absolute Gasteiger partial charge is 0.119 e. The Kier molecular flexibility index (Phi) is 9.02. The molecule has 0 aliphatic carbocycles. The van der Waals surface area contributed by atoms with Gasteiger partial charge < -0.3 is 4.74 Å². The van der Waals surface area contributed by atoms with Gasteiger partial charge in [0.2, 0.25) is 0 Å². The summed E-state index contributed by atoms with van der Waals surface area (Å²) in [6.07, 6.45) is 8.30. The molecule has 0 radical (unpaired) electrons. The second-order valence-electron chi connectivity index (χ2n) is 6.12. The topological polar surface area (TPSA) is 45.9 Å². The number of rotatable bonds is 9. The van der Waals surface area contributed by atoms with Crippen molar-refractivity contribution in [3.63, 3.8) is 0 Å². The number of aromatic nitrogens is 1. The predicted octanol–water partition coefficient (Wildman–Crippen LogP) is 5.49. The molecule has 25 heavy (non-hydrogen) atoms. The molecule has 0 aliphatic rings. The molecule has 0 saturated heterocycles. The van der Waals surface area contributed by atoms with Gasteiger partial charge in [-0.3, -0.25) is 4.98 Å². The molecule has 0 fully saturated rings. The van der Waals surface area contributed by atoms with E-state index in [2.05, 4.69) is 30.1 Å². The summed E-state index contributed by atoms with van der Waals surface area (Å²) in [6, 6.07) is 14.7. The van der Waals surface area contributed by atoms with Crippen LogP contribution in [-0.2, 0) is 11.8 Å². The standard InChI is InChI=1S/C21H26N2O.ClH/c1-3-5-13-21(17-22,19-7-6-15-23-16-19)14-12-18-8-10-20(11-9-18)24-4-2;/h6-11,15-16H,3-5,12-14H2,1-2H3;1H. The van der Waals surface area contributed by atoms with Crippen LogP contribution in [0.4, 0.5) is 0 Å². The Balaban J connectivity index is 0.00000312. The first-order chi connectivity index (χ1) is 11.7. The lowest BCUT2D eigenvalue weighted by molar-refractivity contribution is 0.340. The molecule has 1 atom stereocenters. The highest BCUT2D eigenvalue weighted by atomic mass is 35.5. The summed E-state index contributed by atoms with van der Waals surface area (Å²) < 4.78 is 5.49. The first-order valence-corrected chi connectivity index (χ1v) is 8.77. The van der Waals surface area contributed by atoms with E-state index in [0.717, 1.165) is 43.4 Å². The Labute approximate surface area is 157 Å². The Morgan fingerprint density at radius 2 is 1.88 bits per heavy atom. The molecule has 2 aromatic rings. The monoisotopic (exact) mass is 358 g/mol. The number of nitriles is 1. The number of pyridine rings is 1. The van der Waals surface area contributed by atoms with E-state index in [0.29, 0.717) is 6.61 Å². The second-order valence-corrected chi connectivity index (χ2v) is 6.12. The molecule has 0 N–H and O–H groups in total. The van der Waals surface area contributed by atoms with Crippen LogP contribution in [0, 0.1) is 11.3 Å². The molecule has 0 bridgehead atoms. The number of halogens is 1.